The second kappa shape index (κ2) is 7.61. The molecular weight excluding hydrogens is 324 g/mol. The summed E-state index contributed by atoms with van der Waals surface area (Å²) in [7, 11) is 0. The zero-order valence-electron chi connectivity index (χ0n) is 14.2. The smallest absolute Gasteiger partial charge is 0.291 e. The third-order valence-electron chi connectivity index (χ3n) is 3.25. The maximum Gasteiger partial charge on any atom is 0.291 e. The molecule has 2 aromatic rings. The molecule has 2 N–H and O–H groups in total. The fourth-order valence-electron chi connectivity index (χ4n) is 1.90. The fraction of sp³-hybridized carbons (Fsp3) is 0.294. The number of hydrogen-bond donors (Lipinski definition) is 2. The van der Waals surface area contributed by atoms with Gasteiger partial charge in [0.2, 0.25) is 0 Å². The molecule has 0 aliphatic rings. The Bertz CT molecular complexity index is 790. The summed E-state index contributed by atoms with van der Waals surface area (Å²) in [6.07, 6.45) is 1.36. The number of benzene rings is 1. The zero-order chi connectivity index (χ0) is 18.4. The molecule has 1 heterocycles. The topological polar surface area (TPSA) is 120 Å². The number of rotatable bonds is 6. The Balaban J connectivity index is 2.02. The number of aromatic amines is 1. The van der Waals surface area contributed by atoms with E-state index in [1.54, 1.807) is 30.3 Å². The van der Waals surface area contributed by atoms with E-state index < -0.39 is 18.5 Å². The molecule has 8 heteroatoms. The van der Waals surface area contributed by atoms with Crippen molar-refractivity contribution in [1.82, 2.24) is 15.6 Å². The van der Waals surface area contributed by atoms with Crippen molar-refractivity contribution >= 4 is 18.1 Å². The molecule has 0 saturated heterocycles. The van der Waals surface area contributed by atoms with E-state index in [2.05, 4.69) is 20.7 Å². The van der Waals surface area contributed by atoms with E-state index in [-0.39, 0.29) is 11.1 Å². The van der Waals surface area contributed by atoms with Crippen LogP contribution in [0.5, 0.6) is 5.75 Å². The second-order valence-corrected chi connectivity index (χ2v) is 6.31. The highest BCUT2D eigenvalue weighted by molar-refractivity contribution is 5.93. The maximum atomic E-state index is 12.1. The fourth-order valence-corrected chi connectivity index (χ4v) is 1.90. The first kappa shape index (κ1) is 18.2. The van der Waals surface area contributed by atoms with Crippen LogP contribution in [-0.4, -0.2) is 34.9 Å². The highest BCUT2D eigenvalue weighted by Crippen LogP contribution is 2.20. The normalized spacial score (nSPS) is 11.5. The number of ether oxygens (including phenoxy) is 1. The molecule has 1 aromatic heterocycles. The quantitative estimate of drug-likeness (QED) is 0.588. The Kier molecular flexibility index (Phi) is 5.53. The molecule has 0 aliphatic carbocycles. The summed E-state index contributed by atoms with van der Waals surface area (Å²) in [4.78, 5) is 22.5. The number of hydrazone groups is 1. The Hall–Kier alpha value is -3.16. The number of carboxylic acid groups (broad SMARTS) is 1. The number of aromatic nitrogens is 2. The first-order valence-corrected chi connectivity index (χ1v) is 7.58. The molecule has 132 valence electrons. The lowest BCUT2D eigenvalue weighted by Crippen LogP contribution is -2.29. The Morgan fingerprint density at radius 3 is 2.72 bits per heavy atom. The van der Waals surface area contributed by atoms with E-state index >= 15 is 0 Å². The van der Waals surface area contributed by atoms with Crippen LogP contribution in [0.15, 0.2) is 35.4 Å². The van der Waals surface area contributed by atoms with Crippen LogP contribution < -0.4 is 15.3 Å². The highest BCUT2D eigenvalue weighted by Gasteiger charge is 2.19. The van der Waals surface area contributed by atoms with Crippen LogP contribution >= 0.6 is 0 Å². The van der Waals surface area contributed by atoms with Gasteiger partial charge >= 0.3 is 0 Å². The van der Waals surface area contributed by atoms with Gasteiger partial charge in [0.05, 0.1) is 12.2 Å². The molecule has 0 radical (unpaired) electrons. The highest BCUT2D eigenvalue weighted by atomic mass is 16.5. The summed E-state index contributed by atoms with van der Waals surface area (Å²) in [6.45, 7) is 5.44. The lowest BCUT2D eigenvalue weighted by molar-refractivity contribution is -0.307. The zero-order valence-corrected chi connectivity index (χ0v) is 14.2. The Morgan fingerprint density at radius 1 is 1.36 bits per heavy atom. The summed E-state index contributed by atoms with van der Waals surface area (Å²) < 4.78 is 5.10. The van der Waals surface area contributed by atoms with E-state index in [0.29, 0.717) is 11.3 Å². The number of nitrogens with zero attached hydrogens (tertiary/aromatic N) is 2. The van der Waals surface area contributed by atoms with Gasteiger partial charge in [0, 0.05) is 16.7 Å². The average molecular weight is 343 g/mol. The van der Waals surface area contributed by atoms with Crippen molar-refractivity contribution in [3.05, 3.63) is 47.3 Å². The van der Waals surface area contributed by atoms with Crippen LogP contribution in [0.25, 0.3) is 0 Å². The van der Waals surface area contributed by atoms with Gasteiger partial charge in [0.1, 0.15) is 12.4 Å². The van der Waals surface area contributed by atoms with Crippen molar-refractivity contribution in [2.75, 3.05) is 6.61 Å². The second-order valence-electron chi connectivity index (χ2n) is 6.31. The van der Waals surface area contributed by atoms with Crippen molar-refractivity contribution < 1.29 is 19.4 Å². The molecule has 0 unspecified atom stereocenters. The number of nitrogens with one attached hydrogen (secondary N) is 2. The predicted molar refractivity (Wildman–Crippen MR) is 89.3 cm³/mol. The largest absolute Gasteiger partial charge is 0.546 e. The maximum absolute atomic E-state index is 12.1. The van der Waals surface area contributed by atoms with Crippen LogP contribution in [0.1, 0.15) is 42.5 Å². The predicted octanol–water partition coefficient (Wildman–Crippen LogP) is 0.600. The van der Waals surface area contributed by atoms with Gasteiger partial charge in [-0.3, -0.25) is 9.89 Å². The van der Waals surface area contributed by atoms with E-state index in [1.807, 2.05) is 20.8 Å². The molecule has 1 aromatic carbocycles. The number of carbonyl (C=O) groups excluding carboxylic acids is 2. The minimum atomic E-state index is -1.33. The molecule has 0 atom stereocenters. The molecule has 0 spiro atoms. The van der Waals surface area contributed by atoms with Crippen LogP contribution in [0.3, 0.4) is 0 Å². The molecule has 0 fully saturated rings. The number of aliphatic carboxylic acids is 1. The van der Waals surface area contributed by atoms with Gasteiger partial charge in [-0.25, -0.2) is 5.43 Å². The van der Waals surface area contributed by atoms with E-state index in [1.165, 1.54) is 6.21 Å². The molecule has 1 amide bonds. The average Bonchev–Trinajstić information content (AvgIpc) is 3.04. The molecule has 0 saturated carbocycles. The molecule has 25 heavy (non-hydrogen) atoms. The van der Waals surface area contributed by atoms with Crippen LogP contribution in [-0.2, 0) is 10.2 Å². The third kappa shape index (κ3) is 5.17. The van der Waals surface area contributed by atoms with Gasteiger partial charge in [0.25, 0.3) is 5.91 Å². The number of carbonyl (C=O) groups is 2. The molecular formula is C17H19N4O4-. The number of carboxylic acids is 1. The van der Waals surface area contributed by atoms with Gasteiger partial charge in [0.15, 0.2) is 5.69 Å². The standard InChI is InChI=1S/C17H20N4O4/c1-17(2,3)14-8-12(19-20-14)16(24)21-18-9-11-6-4-5-7-13(11)25-10-15(22)23/h4-9H,10H2,1-3H3,(H,19,20)(H,21,24)(H,22,23)/p-1/b18-9-. The van der Waals surface area contributed by atoms with Crippen molar-refractivity contribution in [2.24, 2.45) is 5.10 Å². The van der Waals surface area contributed by atoms with Gasteiger partial charge in [-0.05, 0) is 18.2 Å². The van der Waals surface area contributed by atoms with E-state index in [4.69, 9.17) is 4.74 Å². The number of amides is 1. The van der Waals surface area contributed by atoms with Crippen LogP contribution in [0, 0.1) is 0 Å². The molecule has 2 rings (SSSR count). The minimum absolute atomic E-state index is 0.149. The van der Waals surface area contributed by atoms with Gasteiger partial charge in [-0.15, -0.1) is 0 Å². The van der Waals surface area contributed by atoms with Gasteiger partial charge < -0.3 is 14.6 Å². The minimum Gasteiger partial charge on any atom is -0.546 e. The number of para-hydroxylation sites is 1. The monoisotopic (exact) mass is 343 g/mol. The lowest BCUT2D eigenvalue weighted by atomic mass is 9.92. The van der Waals surface area contributed by atoms with Crippen molar-refractivity contribution in [1.29, 1.82) is 0 Å². The summed E-state index contributed by atoms with van der Waals surface area (Å²) in [5.41, 5.74) is 3.80. The third-order valence-corrected chi connectivity index (χ3v) is 3.25. The van der Waals surface area contributed by atoms with E-state index in [9.17, 15) is 14.7 Å². The Morgan fingerprint density at radius 2 is 2.08 bits per heavy atom. The van der Waals surface area contributed by atoms with Crippen molar-refractivity contribution in [3.63, 3.8) is 0 Å². The first-order valence-electron chi connectivity index (χ1n) is 7.58. The molecule has 0 aliphatic heterocycles. The number of hydrogen-bond acceptors (Lipinski definition) is 6. The molecule has 8 nitrogen and oxygen atoms in total. The summed E-state index contributed by atoms with van der Waals surface area (Å²) in [5, 5.41) is 21.1. The van der Waals surface area contributed by atoms with E-state index in [0.717, 1.165) is 5.69 Å². The van der Waals surface area contributed by atoms with Crippen LogP contribution in [0.2, 0.25) is 0 Å². The SMILES string of the molecule is CC(C)(C)c1cc(C(=O)N/N=C\c2ccccc2OCC(=O)[O-])n[nH]1. The lowest BCUT2D eigenvalue weighted by Gasteiger charge is -2.14. The van der Waals surface area contributed by atoms with Crippen LogP contribution in [0.4, 0.5) is 0 Å². The number of H-pyrrole nitrogens is 1. The Labute approximate surface area is 144 Å². The first-order chi connectivity index (χ1) is 11.8. The summed E-state index contributed by atoms with van der Waals surface area (Å²) in [5.74, 6) is -1.47. The van der Waals surface area contributed by atoms with Gasteiger partial charge in [-0.2, -0.15) is 10.2 Å². The van der Waals surface area contributed by atoms with Crippen molar-refractivity contribution in [2.45, 2.75) is 26.2 Å². The van der Waals surface area contributed by atoms with Gasteiger partial charge in [-0.1, -0.05) is 32.9 Å². The molecule has 0 bridgehead atoms. The van der Waals surface area contributed by atoms with Crippen molar-refractivity contribution in [3.8, 4) is 5.75 Å². The summed E-state index contributed by atoms with van der Waals surface area (Å²) >= 11 is 0. The summed E-state index contributed by atoms with van der Waals surface area (Å²) in [6, 6.07) is 8.36.